The van der Waals surface area contributed by atoms with Gasteiger partial charge in [0.05, 0.1) is 11.9 Å². The van der Waals surface area contributed by atoms with Gasteiger partial charge in [-0.2, -0.15) is 0 Å². The van der Waals surface area contributed by atoms with Crippen LogP contribution in [-0.4, -0.2) is 16.7 Å². The molecule has 2 rings (SSSR count). The molecular formula is C17H19N3O2. The molecule has 1 aromatic heterocycles. The Labute approximate surface area is 129 Å². The van der Waals surface area contributed by atoms with Crippen LogP contribution in [0.15, 0.2) is 42.6 Å². The molecule has 22 heavy (non-hydrogen) atoms. The lowest BCUT2D eigenvalue weighted by molar-refractivity contribution is -0.118. The van der Waals surface area contributed by atoms with Crippen LogP contribution in [0.25, 0.3) is 0 Å². The third-order valence-electron chi connectivity index (χ3n) is 3.12. The summed E-state index contributed by atoms with van der Waals surface area (Å²) < 4.78 is 0. The van der Waals surface area contributed by atoms with E-state index in [4.69, 9.17) is 0 Å². The van der Waals surface area contributed by atoms with E-state index in [-0.39, 0.29) is 17.6 Å². The van der Waals surface area contributed by atoms with Gasteiger partial charge in [-0.1, -0.05) is 13.8 Å². The van der Waals surface area contributed by atoms with Gasteiger partial charge in [-0.25, -0.2) is 4.98 Å². The summed E-state index contributed by atoms with van der Waals surface area (Å²) in [6, 6.07) is 10.8. The molecule has 2 aromatic rings. The van der Waals surface area contributed by atoms with Crippen molar-refractivity contribution < 1.29 is 9.59 Å². The molecule has 5 heteroatoms. The first-order chi connectivity index (χ1) is 10.5. The number of pyridine rings is 1. The second-order valence-electron chi connectivity index (χ2n) is 5.33. The van der Waals surface area contributed by atoms with Crippen LogP contribution in [0.4, 0.5) is 17.2 Å². The number of carbonyl (C=O) groups excluding carboxylic acids is 2. The Hall–Kier alpha value is -2.69. The second kappa shape index (κ2) is 6.85. The molecule has 5 nitrogen and oxygen atoms in total. The first-order valence-electron chi connectivity index (χ1n) is 7.10. The predicted molar refractivity (Wildman–Crippen MR) is 87.4 cm³/mol. The van der Waals surface area contributed by atoms with E-state index < -0.39 is 0 Å². The smallest absolute Gasteiger partial charge is 0.226 e. The number of Topliss-reactive ketones (excluding diaryl/α,β-unsaturated/α-hetero) is 1. The number of carbonyl (C=O) groups is 2. The topological polar surface area (TPSA) is 71.1 Å². The molecule has 0 spiro atoms. The molecule has 0 aliphatic rings. The van der Waals surface area contributed by atoms with Crippen LogP contribution >= 0.6 is 0 Å². The molecule has 0 bridgehead atoms. The minimum Gasteiger partial charge on any atom is -0.340 e. The Bertz CT molecular complexity index is 661. The van der Waals surface area contributed by atoms with Crippen LogP contribution in [0.3, 0.4) is 0 Å². The van der Waals surface area contributed by atoms with Crippen molar-refractivity contribution in [3.8, 4) is 0 Å². The summed E-state index contributed by atoms with van der Waals surface area (Å²) in [7, 11) is 0. The molecule has 0 fully saturated rings. The highest BCUT2D eigenvalue weighted by molar-refractivity contribution is 5.94. The number of ketones is 1. The molecule has 0 saturated heterocycles. The fraction of sp³-hybridized carbons (Fsp3) is 0.235. The van der Waals surface area contributed by atoms with Crippen LogP contribution < -0.4 is 10.6 Å². The van der Waals surface area contributed by atoms with Crippen LogP contribution in [0.2, 0.25) is 0 Å². The number of anilines is 3. The van der Waals surface area contributed by atoms with Crippen LogP contribution in [0.1, 0.15) is 31.1 Å². The minimum atomic E-state index is -0.0717. The van der Waals surface area contributed by atoms with Crippen LogP contribution in [-0.2, 0) is 4.79 Å². The Morgan fingerprint density at radius 2 is 1.64 bits per heavy atom. The molecule has 1 aromatic carbocycles. The van der Waals surface area contributed by atoms with Crippen molar-refractivity contribution in [2.24, 2.45) is 5.92 Å². The Kier molecular flexibility index (Phi) is 4.88. The third-order valence-corrected chi connectivity index (χ3v) is 3.12. The van der Waals surface area contributed by atoms with E-state index in [1.807, 2.05) is 26.0 Å². The van der Waals surface area contributed by atoms with Gasteiger partial charge in [-0.05, 0) is 43.3 Å². The van der Waals surface area contributed by atoms with Crippen molar-refractivity contribution in [2.45, 2.75) is 20.8 Å². The van der Waals surface area contributed by atoms with Crippen molar-refractivity contribution in [1.29, 1.82) is 0 Å². The average Bonchev–Trinajstić information content (AvgIpc) is 2.49. The molecule has 1 heterocycles. The Balaban J connectivity index is 2.01. The van der Waals surface area contributed by atoms with Crippen molar-refractivity contribution in [2.75, 3.05) is 10.6 Å². The van der Waals surface area contributed by atoms with E-state index in [0.29, 0.717) is 17.1 Å². The number of amides is 1. The SMILES string of the molecule is CC(=O)c1ccc(Nc2ccc(NC(=O)C(C)C)cn2)cc1. The number of hydrogen-bond donors (Lipinski definition) is 2. The zero-order valence-corrected chi connectivity index (χ0v) is 12.9. The maximum atomic E-state index is 11.6. The lowest BCUT2D eigenvalue weighted by atomic mass is 10.1. The summed E-state index contributed by atoms with van der Waals surface area (Å²) in [5, 5.41) is 5.92. The molecule has 0 atom stereocenters. The predicted octanol–water partition coefficient (Wildman–Crippen LogP) is 3.62. The highest BCUT2D eigenvalue weighted by atomic mass is 16.1. The number of hydrogen-bond acceptors (Lipinski definition) is 4. The van der Waals surface area contributed by atoms with Crippen LogP contribution in [0.5, 0.6) is 0 Å². The van der Waals surface area contributed by atoms with Gasteiger partial charge in [0.1, 0.15) is 5.82 Å². The van der Waals surface area contributed by atoms with E-state index >= 15 is 0 Å². The standard InChI is InChI=1S/C17H19N3O2/c1-11(2)17(22)20-15-8-9-16(18-10-15)19-14-6-4-13(5-7-14)12(3)21/h4-11H,1-3H3,(H,18,19)(H,20,22). The zero-order chi connectivity index (χ0) is 16.1. The van der Waals surface area contributed by atoms with Crippen molar-refractivity contribution >= 4 is 28.9 Å². The summed E-state index contributed by atoms with van der Waals surface area (Å²) in [4.78, 5) is 27.1. The Morgan fingerprint density at radius 1 is 1.00 bits per heavy atom. The van der Waals surface area contributed by atoms with Gasteiger partial charge in [0.15, 0.2) is 5.78 Å². The van der Waals surface area contributed by atoms with Crippen LogP contribution in [0, 0.1) is 5.92 Å². The van der Waals surface area contributed by atoms with Gasteiger partial charge in [0.25, 0.3) is 0 Å². The largest absolute Gasteiger partial charge is 0.340 e. The van der Waals surface area contributed by atoms with Gasteiger partial charge < -0.3 is 10.6 Å². The summed E-state index contributed by atoms with van der Waals surface area (Å²) in [6.45, 7) is 5.21. The summed E-state index contributed by atoms with van der Waals surface area (Å²) in [5.41, 5.74) is 2.18. The summed E-state index contributed by atoms with van der Waals surface area (Å²) in [6.07, 6.45) is 1.60. The van der Waals surface area contributed by atoms with Gasteiger partial charge >= 0.3 is 0 Å². The van der Waals surface area contributed by atoms with E-state index in [0.717, 1.165) is 5.69 Å². The number of nitrogens with one attached hydrogen (secondary N) is 2. The van der Waals surface area contributed by atoms with Gasteiger partial charge in [0.2, 0.25) is 5.91 Å². The Morgan fingerprint density at radius 3 is 2.14 bits per heavy atom. The molecule has 0 unspecified atom stereocenters. The third kappa shape index (κ3) is 4.15. The molecule has 114 valence electrons. The lowest BCUT2D eigenvalue weighted by Gasteiger charge is -2.09. The van der Waals surface area contributed by atoms with Crippen molar-refractivity contribution in [3.63, 3.8) is 0 Å². The monoisotopic (exact) mass is 297 g/mol. The average molecular weight is 297 g/mol. The van der Waals surface area contributed by atoms with Crippen molar-refractivity contribution in [1.82, 2.24) is 4.98 Å². The number of nitrogens with zero attached hydrogens (tertiary/aromatic N) is 1. The highest BCUT2D eigenvalue weighted by Crippen LogP contribution is 2.17. The first kappa shape index (κ1) is 15.7. The van der Waals surface area contributed by atoms with E-state index in [1.165, 1.54) is 6.92 Å². The highest BCUT2D eigenvalue weighted by Gasteiger charge is 2.07. The number of aromatic nitrogens is 1. The maximum absolute atomic E-state index is 11.6. The fourth-order valence-corrected chi connectivity index (χ4v) is 1.76. The van der Waals surface area contributed by atoms with E-state index in [2.05, 4.69) is 15.6 Å². The zero-order valence-electron chi connectivity index (χ0n) is 12.9. The fourth-order valence-electron chi connectivity index (χ4n) is 1.76. The molecule has 0 aliphatic heterocycles. The molecule has 2 N–H and O–H groups in total. The van der Waals surface area contributed by atoms with Gasteiger partial charge in [0, 0.05) is 17.2 Å². The normalized spacial score (nSPS) is 10.4. The van der Waals surface area contributed by atoms with Gasteiger partial charge in [-0.3, -0.25) is 9.59 Å². The first-order valence-corrected chi connectivity index (χ1v) is 7.10. The molecular weight excluding hydrogens is 278 g/mol. The van der Waals surface area contributed by atoms with E-state index in [1.54, 1.807) is 30.5 Å². The van der Waals surface area contributed by atoms with Gasteiger partial charge in [-0.15, -0.1) is 0 Å². The molecule has 0 saturated carbocycles. The maximum Gasteiger partial charge on any atom is 0.226 e. The quantitative estimate of drug-likeness (QED) is 0.827. The minimum absolute atomic E-state index is 0.0370. The number of benzene rings is 1. The number of rotatable bonds is 5. The molecule has 0 radical (unpaired) electrons. The second-order valence-corrected chi connectivity index (χ2v) is 5.33. The summed E-state index contributed by atoms with van der Waals surface area (Å²) in [5.74, 6) is 0.591. The van der Waals surface area contributed by atoms with Crippen molar-refractivity contribution in [3.05, 3.63) is 48.2 Å². The summed E-state index contributed by atoms with van der Waals surface area (Å²) >= 11 is 0. The molecule has 1 amide bonds. The molecule has 0 aliphatic carbocycles. The van der Waals surface area contributed by atoms with E-state index in [9.17, 15) is 9.59 Å². The lowest BCUT2D eigenvalue weighted by Crippen LogP contribution is -2.17.